The molecule has 0 atom stereocenters. The van der Waals surface area contributed by atoms with Crippen molar-refractivity contribution in [2.75, 3.05) is 19.6 Å². The lowest BCUT2D eigenvalue weighted by Gasteiger charge is -2.24. The SMILES string of the molecule is CCNC(=O)c1ccc2c(C3CCNCC3)cccc2c1.Cl. The Bertz CT molecular complexity index is 651. The minimum Gasteiger partial charge on any atom is -0.352 e. The normalized spacial score (nSPS) is 15.3. The van der Waals surface area contributed by atoms with Gasteiger partial charge in [0.15, 0.2) is 0 Å². The van der Waals surface area contributed by atoms with Crippen molar-refractivity contribution in [3.63, 3.8) is 0 Å². The number of piperidine rings is 1. The monoisotopic (exact) mass is 318 g/mol. The zero-order valence-corrected chi connectivity index (χ0v) is 13.7. The first-order valence-corrected chi connectivity index (χ1v) is 7.81. The highest BCUT2D eigenvalue weighted by Gasteiger charge is 2.17. The minimum absolute atomic E-state index is 0. The molecule has 0 aromatic heterocycles. The van der Waals surface area contributed by atoms with Gasteiger partial charge in [-0.2, -0.15) is 0 Å². The number of hydrogen-bond acceptors (Lipinski definition) is 2. The maximum atomic E-state index is 12.0. The van der Waals surface area contributed by atoms with Crippen LogP contribution in [0.4, 0.5) is 0 Å². The van der Waals surface area contributed by atoms with E-state index < -0.39 is 0 Å². The van der Waals surface area contributed by atoms with Crippen LogP contribution < -0.4 is 10.6 Å². The molecule has 2 aromatic rings. The number of nitrogens with one attached hydrogen (secondary N) is 2. The van der Waals surface area contributed by atoms with Gasteiger partial charge in [-0.3, -0.25) is 4.79 Å². The Hall–Kier alpha value is -1.58. The Morgan fingerprint density at radius 1 is 1.23 bits per heavy atom. The molecule has 0 radical (unpaired) electrons. The van der Waals surface area contributed by atoms with Gasteiger partial charge in [0, 0.05) is 12.1 Å². The molecular weight excluding hydrogens is 296 g/mol. The van der Waals surface area contributed by atoms with E-state index in [-0.39, 0.29) is 18.3 Å². The second-order valence-electron chi connectivity index (χ2n) is 5.67. The molecule has 0 aliphatic carbocycles. The van der Waals surface area contributed by atoms with Crippen LogP contribution in [-0.2, 0) is 0 Å². The van der Waals surface area contributed by atoms with E-state index in [0.29, 0.717) is 12.5 Å². The third-order valence-electron chi connectivity index (χ3n) is 4.29. The van der Waals surface area contributed by atoms with E-state index in [0.717, 1.165) is 24.0 Å². The fraction of sp³-hybridized carbons (Fsp3) is 0.389. The quantitative estimate of drug-likeness (QED) is 0.909. The van der Waals surface area contributed by atoms with E-state index >= 15 is 0 Å². The fourth-order valence-corrected chi connectivity index (χ4v) is 3.20. The van der Waals surface area contributed by atoms with E-state index in [4.69, 9.17) is 0 Å². The third-order valence-corrected chi connectivity index (χ3v) is 4.29. The van der Waals surface area contributed by atoms with Crippen LogP contribution in [0.5, 0.6) is 0 Å². The molecular formula is C18H23ClN2O. The summed E-state index contributed by atoms with van der Waals surface area (Å²) in [5.41, 5.74) is 2.17. The molecule has 1 aliphatic heterocycles. The first kappa shape index (κ1) is 16.8. The molecule has 3 nitrogen and oxygen atoms in total. The van der Waals surface area contributed by atoms with Gasteiger partial charge in [0.25, 0.3) is 5.91 Å². The molecule has 118 valence electrons. The van der Waals surface area contributed by atoms with Crippen molar-refractivity contribution < 1.29 is 4.79 Å². The molecule has 1 saturated heterocycles. The highest BCUT2D eigenvalue weighted by molar-refractivity contribution is 5.99. The van der Waals surface area contributed by atoms with Gasteiger partial charge < -0.3 is 10.6 Å². The van der Waals surface area contributed by atoms with Crippen LogP contribution in [0.1, 0.15) is 41.6 Å². The fourth-order valence-electron chi connectivity index (χ4n) is 3.20. The summed E-state index contributed by atoms with van der Waals surface area (Å²) in [6.45, 7) is 4.79. The largest absolute Gasteiger partial charge is 0.352 e. The molecule has 1 heterocycles. The molecule has 4 heteroatoms. The number of benzene rings is 2. The molecule has 2 N–H and O–H groups in total. The van der Waals surface area contributed by atoms with E-state index in [2.05, 4.69) is 34.9 Å². The van der Waals surface area contributed by atoms with Crippen LogP contribution in [0.2, 0.25) is 0 Å². The van der Waals surface area contributed by atoms with Gasteiger partial charge in [-0.1, -0.05) is 24.3 Å². The number of fused-ring (bicyclic) bond motifs is 1. The van der Waals surface area contributed by atoms with Gasteiger partial charge in [-0.05, 0) is 67.2 Å². The van der Waals surface area contributed by atoms with E-state index in [1.165, 1.54) is 23.8 Å². The molecule has 22 heavy (non-hydrogen) atoms. The van der Waals surface area contributed by atoms with Crippen LogP contribution in [-0.4, -0.2) is 25.5 Å². The van der Waals surface area contributed by atoms with Crippen molar-refractivity contribution in [3.8, 4) is 0 Å². The second-order valence-corrected chi connectivity index (χ2v) is 5.67. The third kappa shape index (κ3) is 3.42. The minimum atomic E-state index is 0. The summed E-state index contributed by atoms with van der Waals surface area (Å²) in [7, 11) is 0. The van der Waals surface area contributed by atoms with Gasteiger partial charge >= 0.3 is 0 Å². The first-order chi connectivity index (χ1) is 10.3. The Kier molecular flexibility index (Phi) is 5.81. The van der Waals surface area contributed by atoms with Crippen molar-refractivity contribution in [2.45, 2.75) is 25.7 Å². The predicted octanol–water partition coefficient (Wildman–Crippen LogP) is 3.48. The molecule has 0 bridgehead atoms. The number of rotatable bonds is 3. The van der Waals surface area contributed by atoms with Gasteiger partial charge in [0.1, 0.15) is 0 Å². The second kappa shape index (κ2) is 7.61. The van der Waals surface area contributed by atoms with Crippen molar-refractivity contribution in [2.24, 2.45) is 0 Å². The molecule has 0 saturated carbocycles. The van der Waals surface area contributed by atoms with E-state index in [1.54, 1.807) is 0 Å². The van der Waals surface area contributed by atoms with Gasteiger partial charge in [-0.15, -0.1) is 12.4 Å². The maximum Gasteiger partial charge on any atom is 0.251 e. The Labute approximate surface area is 137 Å². The number of carbonyl (C=O) groups is 1. The number of carbonyl (C=O) groups excluding carboxylic acids is 1. The summed E-state index contributed by atoms with van der Waals surface area (Å²) < 4.78 is 0. The zero-order chi connectivity index (χ0) is 14.7. The average molecular weight is 319 g/mol. The van der Waals surface area contributed by atoms with Crippen LogP contribution in [0, 0.1) is 0 Å². The smallest absolute Gasteiger partial charge is 0.251 e. The topological polar surface area (TPSA) is 41.1 Å². The highest BCUT2D eigenvalue weighted by Crippen LogP contribution is 2.31. The van der Waals surface area contributed by atoms with Gasteiger partial charge in [0.2, 0.25) is 0 Å². The van der Waals surface area contributed by atoms with Crippen LogP contribution in [0.15, 0.2) is 36.4 Å². The summed E-state index contributed by atoms with van der Waals surface area (Å²) in [5, 5.41) is 8.73. The number of amides is 1. The standard InChI is InChI=1S/C18H22N2O.ClH/c1-2-20-18(21)15-6-7-17-14(12-15)4-3-5-16(17)13-8-10-19-11-9-13;/h3-7,12-13,19H,2,8-11H2,1H3,(H,20,21);1H. The highest BCUT2D eigenvalue weighted by atomic mass is 35.5. The van der Waals surface area contributed by atoms with Crippen molar-refractivity contribution >= 4 is 29.1 Å². The predicted molar refractivity (Wildman–Crippen MR) is 94.0 cm³/mol. The maximum absolute atomic E-state index is 12.0. The molecule has 0 unspecified atom stereocenters. The first-order valence-electron chi connectivity index (χ1n) is 7.81. The summed E-state index contributed by atoms with van der Waals surface area (Å²) in [5.74, 6) is 0.636. The van der Waals surface area contributed by atoms with Crippen molar-refractivity contribution in [1.82, 2.24) is 10.6 Å². The van der Waals surface area contributed by atoms with Crippen molar-refractivity contribution in [3.05, 3.63) is 47.5 Å². The van der Waals surface area contributed by atoms with E-state index in [1.807, 2.05) is 19.1 Å². The van der Waals surface area contributed by atoms with E-state index in [9.17, 15) is 4.79 Å². The average Bonchev–Trinajstić information content (AvgIpc) is 2.55. The van der Waals surface area contributed by atoms with Crippen LogP contribution >= 0.6 is 12.4 Å². The number of hydrogen-bond donors (Lipinski definition) is 2. The Balaban J connectivity index is 0.00000176. The summed E-state index contributed by atoms with van der Waals surface area (Å²) >= 11 is 0. The lowest BCUT2D eigenvalue weighted by molar-refractivity contribution is 0.0956. The Morgan fingerprint density at radius 2 is 2.00 bits per heavy atom. The van der Waals surface area contributed by atoms with Crippen LogP contribution in [0.25, 0.3) is 10.8 Å². The summed E-state index contributed by atoms with van der Waals surface area (Å²) in [6, 6.07) is 12.5. The van der Waals surface area contributed by atoms with Crippen LogP contribution in [0.3, 0.4) is 0 Å². The number of halogens is 1. The molecule has 1 fully saturated rings. The lowest BCUT2D eigenvalue weighted by Crippen LogP contribution is -2.26. The molecule has 1 aliphatic rings. The molecule has 1 amide bonds. The van der Waals surface area contributed by atoms with Crippen molar-refractivity contribution in [1.29, 1.82) is 0 Å². The zero-order valence-electron chi connectivity index (χ0n) is 12.9. The Morgan fingerprint density at radius 3 is 2.73 bits per heavy atom. The van der Waals surface area contributed by atoms with Gasteiger partial charge in [-0.25, -0.2) is 0 Å². The molecule has 2 aromatic carbocycles. The lowest BCUT2D eigenvalue weighted by atomic mass is 9.86. The summed E-state index contributed by atoms with van der Waals surface area (Å²) in [4.78, 5) is 12.0. The van der Waals surface area contributed by atoms with Gasteiger partial charge in [0.05, 0.1) is 0 Å². The molecule has 3 rings (SSSR count). The molecule has 0 spiro atoms. The summed E-state index contributed by atoms with van der Waals surface area (Å²) in [6.07, 6.45) is 2.38.